The van der Waals surface area contributed by atoms with Gasteiger partial charge >= 0.3 is 5.97 Å². The van der Waals surface area contributed by atoms with Gasteiger partial charge in [0.05, 0.1) is 0 Å². The zero-order chi connectivity index (χ0) is 13.0. The average Bonchev–Trinajstić information content (AvgIpc) is 2.37. The molecule has 2 N–H and O–H groups in total. The molecule has 0 saturated heterocycles. The molecule has 1 aromatic carbocycles. The van der Waals surface area contributed by atoms with Gasteiger partial charge in [0, 0.05) is 16.8 Å². The first kappa shape index (κ1) is 12.4. The molecule has 5 heteroatoms. The summed E-state index contributed by atoms with van der Waals surface area (Å²) in [5, 5.41) is 18.2. The number of carbonyl (C=O) groups is 1. The second-order valence-electron chi connectivity index (χ2n) is 3.64. The van der Waals surface area contributed by atoms with Gasteiger partial charge in [0.25, 0.3) is 0 Å². The summed E-state index contributed by atoms with van der Waals surface area (Å²) in [4.78, 5) is 15.4. The number of aromatic nitrogens is 1. The fraction of sp³-hybridized carbons (Fsp3) is 0.0769. The Morgan fingerprint density at radius 3 is 2.83 bits per heavy atom. The van der Waals surface area contributed by atoms with E-state index in [9.17, 15) is 9.90 Å². The van der Waals surface area contributed by atoms with Gasteiger partial charge < -0.3 is 10.2 Å². The Bertz CT molecular complexity index is 572. The Hall–Kier alpha value is -2.01. The first-order valence-electron chi connectivity index (χ1n) is 5.25. The van der Waals surface area contributed by atoms with Crippen LogP contribution in [0.2, 0.25) is 0 Å². The van der Waals surface area contributed by atoms with Crippen molar-refractivity contribution in [2.75, 3.05) is 0 Å². The van der Waals surface area contributed by atoms with E-state index in [1.165, 1.54) is 24.0 Å². The van der Waals surface area contributed by atoms with Gasteiger partial charge in [-0.15, -0.1) is 11.8 Å². The summed E-state index contributed by atoms with van der Waals surface area (Å²) in [7, 11) is 0. The van der Waals surface area contributed by atoms with Gasteiger partial charge in [-0.2, -0.15) is 0 Å². The first-order chi connectivity index (χ1) is 8.65. The highest BCUT2D eigenvalue weighted by molar-refractivity contribution is 7.98. The molecule has 0 spiro atoms. The van der Waals surface area contributed by atoms with Crippen molar-refractivity contribution in [1.82, 2.24) is 4.98 Å². The normalized spacial score (nSPS) is 10.2. The minimum atomic E-state index is -1.03. The van der Waals surface area contributed by atoms with E-state index in [-0.39, 0.29) is 11.4 Å². The largest absolute Gasteiger partial charge is 0.508 e. The molecule has 0 bridgehead atoms. The third kappa shape index (κ3) is 3.24. The average molecular weight is 261 g/mol. The molecule has 0 radical (unpaired) electrons. The minimum absolute atomic E-state index is 0.0379. The molecule has 0 aliphatic heterocycles. The van der Waals surface area contributed by atoms with E-state index in [2.05, 4.69) is 4.98 Å². The molecule has 18 heavy (non-hydrogen) atoms. The summed E-state index contributed by atoms with van der Waals surface area (Å²) in [6, 6.07) is 10.3. The summed E-state index contributed by atoms with van der Waals surface area (Å²) in [5.41, 5.74) is 1.02. The smallest absolute Gasteiger partial charge is 0.354 e. The topological polar surface area (TPSA) is 70.4 Å². The zero-order valence-corrected chi connectivity index (χ0v) is 10.2. The Labute approximate surface area is 108 Å². The number of pyridine rings is 1. The van der Waals surface area contributed by atoms with E-state index in [0.29, 0.717) is 5.75 Å². The lowest BCUT2D eigenvalue weighted by Crippen LogP contribution is -1.99. The van der Waals surface area contributed by atoms with Gasteiger partial charge in [-0.05, 0) is 29.8 Å². The van der Waals surface area contributed by atoms with E-state index < -0.39 is 5.97 Å². The first-order valence-corrected chi connectivity index (χ1v) is 6.24. The molecule has 2 aromatic rings. The maximum absolute atomic E-state index is 10.8. The second-order valence-corrected chi connectivity index (χ2v) is 4.69. The molecule has 0 atom stereocenters. The molecule has 2 rings (SSSR count). The van der Waals surface area contributed by atoms with E-state index in [4.69, 9.17) is 5.11 Å². The van der Waals surface area contributed by atoms with Crippen LogP contribution in [0.15, 0.2) is 47.5 Å². The SMILES string of the molecule is O=C(O)c1cc(SCc2cccc(O)c2)ccn1. The molecule has 1 heterocycles. The summed E-state index contributed by atoms with van der Waals surface area (Å²) < 4.78 is 0. The number of phenols is 1. The number of rotatable bonds is 4. The maximum atomic E-state index is 10.8. The highest BCUT2D eigenvalue weighted by Crippen LogP contribution is 2.24. The molecule has 92 valence electrons. The Morgan fingerprint density at radius 2 is 2.11 bits per heavy atom. The van der Waals surface area contributed by atoms with Crippen molar-refractivity contribution in [1.29, 1.82) is 0 Å². The third-order valence-electron chi connectivity index (χ3n) is 2.27. The number of carboxylic acid groups (broad SMARTS) is 1. The van der Waals surface area contributed by atoms with Crippen LogP contribution in [-0.4, -0.2) is 21.2 Å². The molecule has 0 aliphatic carbocycles. The van der Waals surface area contributed by atoms with Crippen molar-refractivity contribution in [3.8, 4) is 5.75 Å². The van der Waals surface area contributed by atoms with Crippen LogP contribution in [0.25, 0.3) is 0 Å². The highest BCUT2D eigenvalue weighted by atomic mass is 32.2. The number of hydrogen-bond donors (Lipinski definition) is 2. The van der Waals surface area contributed by atoms with Crippen molar-refractivity contribution >= 4 is 17.7 Å². The van der Waals surface area contributed by atoms with Gasteiger partial charge in [-0.3, -0.25) is 0 Å². The monoisotopic (exact) mass is 261 g/mol. The van der Waals surface area contributed by atoms with Crippen LogP contribution in [0.4, 0.5) is 0 Å². The molecule has 0 amide bonds. The fourth-order valence-corrected chi connectivity index (χ4v) is 2.30. The maximum Gasteiger partial charge on any atom is 0.354 e. The molecule has 0 fully saturated rings. The molecule has 0 saturated carbocycles. The Kier molecular flexibility index (Phi) is 3.84. The number of benzene rings is 1. The standard InChI is InChI=1S/C13H11NO3S/c15-10-3-1-2-9(6-10)8-18-11-4-5-14-12(7-11)13(16)17/h1-7,15H,8H2,(H,16,17). The van der Waals surface area contributed by atoms with Crippen LogP contribution in [-0.2, 0) is 5.75 Å². The van der Waals surface area contributed by atoms with Crippen LogP contribution >= 0.6 is 11.8 Å². The number of thioether (sulfide) groups is 1. The van der Waals surface area contributed by atoms with E-state index in [0.717, 1.165) is 10.5 Å². The summed E-state index contributed by atoms with van der Waals surface area (Å²) >= 11 is 1.50. The lowest BCUT2D eigenvalue weighted by atomic mass is 10.2. The Balaban J connectivity index is 2.06. The zero-order valence-electron chi connectivity index (χ0n) is 9.41. The quantitative estimate of drug-likeness (QED) is 0.828. The third-order valence-corrected chi connectivity index (χ3v) is 3.33. The van der Waals surface area contributed by atoms with Crippen LogP contribution in [0.3, 0.4) is 0 Å². The summed E-state index contributed by atoms with van der Waals surface area (Å²) in [6.45, 7) is 0. The van der Waals surface area contributed by atoms with Gasteiger partial charge in [-0.25, -0.2) is 9.78 Å². The van der Waals surface area contributed by atoms with Crippen LogP contribution < -0.4 is 0 Å². The van der Waals surface area contributed by atoms with Crippen LogP contribution in [0, 0.1) is 0 Å². The van der Waals surface area contributed by atoms with Crippen molar-refractivity contribution in [3.05, 3.63) is 53.9 Å². The molecule has 1 aromatic heterocycles. The summed E-state index contributed by atoms with van der Waals surface area (Å²) in [5.74, 6) is -0.138. The molecular formula is C13H11NO3S. The van der Waals surface area contributed by atoms with Crippen molar-refractivity contribution < 1.29 is 15.0 Å². The van der Waals surface area contributed by atoms with Crippen LogP contribution in [0.5, 0.6) is 5.75 Å². The number of aromatic hydroxyl groups is 1. The second kappa shape index (κ2) is 5.55. The van der Waals surface area contributed by atoms with E-state index in [1.54, 1.807) is 24.3 Å². The van der Waals surface area contributed by atoms with E-state index in [1.807, 2.05) is 6.07 Å². The molecule has 0 unspecified atom stereocenters. The number of aromatic carboxylic acids is 1. The lowest BCUT2D eigenvalue weighted by molar-refractivity contribution is 0.0690. The van der Waals surface area contributed by atoms with Gasteiger partial charge in [0.2, 0.25) is 0 Å². The van der Waals surface area contributed by atoms with Crippen LogP contribution in [0.1, 0.15) is 16.1 Å². The predicted octanol–water partition coefficient (Wildman–Crippen LogP) is 2.78. The molecule has 0 aliphatic rings. The van der Waals surface area contributed by atoms with Crippen molar-refractivity contribution in [2.24, 2.45) is 0 Å². The van der Waals surface area contributed by atoms with Crippen molar-refractivity contribution in [2.45, 2.75) is 10.6 Å². The number of nitrogens with zero attached hydrogens (tertiary/aromatic N) is 1. The van der Waals surface area contributed by atoms with Gasteiger partial charge in [0.15, 0.2) is 0 Å². The highest BCUT2D eigenvalue weighted by Gasteiger charge is 2.05. The number of phenolic OH excluding ortho intramolecular Hbond substituents is 1. The Morgan fingerprint density at radius 1 is 1.28 bits per heavy atom. The fourth-order valence-electron chi connectivity index (χ4n) is 1.43. The minimum Gasteiger partial charge on any atom is -0.508 e. The van der Waals surface area contributed by atoms with Gasteiger partial charge in [-0.1, -0.05) is 12.1 Å². The summed E-state index contributed by atoms with van der Waals surface area (Å²) in [6.07, 6.45) is 1.48. The molecule has 4 nitrogen and oxygen atoms in total. The number of hydrogen-bond acceptors (Lipinski definition) is 4. The van der Waals surface area contributed by atoms with E-state index >= 15 is 0 Å². The van der Waals surface area contributed by atoms with Crippen molar-refractivity contribution in [3.63, 3.8) is 0 Å². The van der Waals surface area contributed by atoms with Gasteiger partial charge in [0.1, 0.15) is 11.4 Å². The number of carboxylic acids is 1. The predicted molar refractivity (Wildman–Crippen MR) is 68.9 cm³/mol. The molecular weight excluding hydrogens is 250 g/mol. The lowest BCUT2D eigenvalue weighted by Gasteiger charge is -2.03.